The Morgan fingerprint density at radius 3 is 3.00 bits per heavy atom. The second-order valence-corrected chi connectivity index (χ2v) is 5.85. The zero-order valence-electron chi connectivity index (χ0n) is 12.8. The summed E-state index contributed by atoms with van der Waals surface area (Å²) in [5, 5.41) is 4.23. The molecule has 6 nitrogen and oxygen atoms in total. The molecular formula is C15H21N5O. The third-order valence-corrected chi connectivity index (χ3v) is 4.43. The van der Waals surface area contributed by atoms with Crippen LogP contribution in [0.3, 0.4) is 0 Å². The van der Waals surface area contributed by atoms with Crippen LogP contribution >= 0.6 is 0 Å². The molecule has 0 fully saturated rings. The molecule has 1 aliphatic rings. The number of hydrogen-bond acceptors (Lipinski definition) is 3. The monoisotopic (exact) mass is 287 g/mol. The van der Waals surface area contributed by atoms with Gasteiger partial charge >= 0.3 is 0 Å². The summed E-state index contributed by atoms with van der Waals surface area (Å²) in [5.74, 6) is 0.256. The van der Waals surface area contributed by atoms with Crippen LogP contribution in [-0.4, -0.2) is 37.2 Å². The van der Waals surface area contributed by atoms with E-state index in [0.29, 0.717) is 6.54 Å². The zero-order valence-corrected chi connectivity index (χ0v) is 12.8. The summed E-state index contributed by atoms with van der Waals surface area (Å²) in [6.07, 6.45) is 7.38. The fourth-order valence-corrected chi connectivity index (χ4v) is 2.92. The van der Waals surface area contributed by atoms with E-state index in [-0.39, 0.29) is 11.8 Å². The van der Waals surface area contributed by atoms with Crippen molar-refractivity contribution in [3.63, 3.8) is 0 Å². The minimum Gasteiger partial charge on any atom is -0.341 e. The standard InChI is InChI=1S/C15H21N5O/c1-11-13(6-17-19(11)3)8-18(2)15(21)12-4-5-14-7-16-10-20(14)9-12/h6-7,10,12H,4-5,8-9H2,1-3H3. The first kappa shape index (κ1) is 13.9. The molecule has 21 heavy (non-hydrogen) atoms. The van der Waals surface area contributed by atoms with Gasteiger partial charge in [-0.1, -0.05) is 0 Å². The minimum absolute atomic E-state index is 0.0497. The minimum atomic E-state index is 0.0497. The van der Waals surface area contributed by atoms with Crippen molar-refractivity contribution in [2.75, 3.05) is 7.05 Å². The second-order valence-electron chi connectivity index (χ2n) is 5.85. The maximum absolute atomic E-state index is 12.6. The lowest BCUT2D eigenvalue weighted by atomic mass is 9.96. The summed E-state index contributed by atoms with van der Waals surface area (Å²) in [7, 11) is 3.79. The molecule has 112 valence electrons. The van der Waals surface area contributed by atoms with Gasteiger partial charge in [0.2, 0.25) is 5.91 Å². The van der Waals surface area contributed by atoms with Crippen LogP contribution in [0.4, 0.5) is 0 Å². The zero-order chi connectivity index (χ0) is 15.0. The molecule has 0 bridgehead atoms. The van der Waals surface area contributed by atoms with Crippen molar-refractivity contribution in [1.82, 2.24) is 24.2 Å². The maximum atomic E-state index is 12.6. The molecule has 0 saturated heterocycles. The van der Waals surface area contributed by atoms with Crippen molar-refractivity contribution in [2.24, 2.45) is 13.0 Å². The van der Waals surface area contributed by atoms with Gasteiger partial charge in [0.05, 0.1) is 18.4 Å². The van der Waals surface area contributed by atoms with Crippen LogP contribution in [0.5, 0.6) is 0 Å². The van der Waals surface area contributed by atoms with E-state index >= 15 is 0 Å². The highest BCUT2D eigenvalue weighted by Gasteiger charge is 2.27. The van der Waals surface area contributed by atoms with Crippen molar-refractivity contribution >= 4 is 5.91 Å². The second kappa shape index (κ2) is 5.35. The molecule has 2 aromatic heterocycles. The molecule has 2 aromatic rings. The topological polar surface area (TPSA) is 56.0 Å². The molecule has 0 saturated carbocycles. The molecule has 6 heteroatoms. The van der Waals surface area contributed by atoms with Crippen molar-refractivity contribution < 1.29 is 4.79 Å². The first-order valence-corrected chi connectivity index (χ1v) is 7.27. The number of imidazole rings is 1. The third-order valence-electron chi connectivity index (χ3n) is 4.43. The van der Waals surface area contributed by atoms with Crippen molar-refractivity contribution in [3.05, 3.63) is 35.7 Å². The molecule has 1 aliphatic heterocycles. The van der Waals surface area contributed by atoms with Gasteiger partial charge in [-0.25, -0.2) is 4.98 Å². The van der Waals surface area contributed by atoms with Crippen LogP contribution in [0.1, 0.15) is 23.4 Å². The highest BCUT2D eigenvalue weighted by molar-refractivity contribution is 5.78. The number of hydrogen-bond donors (Lipinski definition) is 0. The summed E-state index contributed by atoms with van der Waals surface area (Å²) in [4.78, 5) is 18.6. The lowest BCUT2D eigenvalue weighted by Crippen LogP contribution is -2.37. The van der Waals surface area contributed by atoms with Crippen molar-refractivity contribution in [1.29, 1.82) is 0 Å². The Morgan fingerprint density at radius 2 is 2.29 bits per heavy atom. The molecule has 0 radical (unpaired) electrons. The predicted octanol–water partition coefficient (Wildman–Crippen LogP) is 1.15. The summed E-state index contributed by atoms with van der Waals surface area (Å²) < 4.78 is 3.93. The molecule has 1 unspecified atom stereocenters. The van der Waals surface area contributed by atoms with Gasteiger partial charge in [0.1, 0.15) is 0 Å². The smallest absolute Gasteiger partial charge is 0.227 e. The number of carbonyl (C=O) groups is 1. The van der Waals surface area contributed by atoms with Gasteiger partial charge in [-0.2, -0.15) is 5.10 Å². The van der Waals surface area contributed by atoms with Crippen LogP contribution < -0.4 is 0 Å². The van der Waals surface area contributed by atoms with Crippen LogP contribution in [0.15, 0.2) is 18.7 Å². The Kier molecular flexibility index (Phi) is 3.53. The number of aromatic nitrogens is 4. The highest BCUT2D eigenvalue weighted by Crippen LogP contribution is 2.22. The Hall–Kier alpha value is -2.11. The average Bonchev–Trinajstić information content (AvgIpc) is 3.07. The molecule has 0 spiro atoms. The molecule has 0 aliphatic carbocycles. The van der Waals surface area contributed by atoms with E-state index in [1.54, 1.807) is 0 Å². The Morgan fingerprint density at radius 1 is 1.48 bits per heavy atom. The fourth-order valence-electron chi connectivity index (χ4n) is 2.92. The van der Waals surface area contributed by atoms with Crippen LogP contribution in [0.2, 0.25) is 0 Å². The maximum Gasteiger partial charge on any atom is 0.227 e. The molecule has 0 N–H and O–H groups in total. The van der Waals surface area contributed by atoms with Crippen LogP contribution in [-0.2, 0) is 31.4 Å². The largest absolute Gasteiger partial charge is 0.341 e. The lowest BCUT2D eigenvalue weighted by molar-refractivity contribution is -0.135. The first-order valence-electron chi connectivity index (χ1n) is 7.27. The predicted molar refractivity (Wildman–Crippen MR) is 78.5 cm³/mol. The molecule has 1 amide bonds. The van der Waals surface area contributed by atoms with Crippen LogP contribution in [0, 0.1) is 12.8 Å². The van der Waals surface area contributed by atoms with Gasteiger partial charge < -0.3 is 9.47 Å². The van der Waals surface area contributed by atoms with Gasteiger partial charge in [0, 0.05) is 50.3 Å². The number of carbonyl (C=O) groups excluding carboxylic acids is 1. The van der Waals surface area contributed by atoms with Gasteiger partial charge in [-0.15, -0.1) is 0 Å². The number of nitrogens with zero attached hydrogens (tertiary/aromatic N) is 5. The normalized spacial score (nSPS) is 17.6. The molecule has 0 aromatic carbocycles. The highest BCUT2D eigenvalue weighted by atomic mass is 16.2. The summed E-state index contributed by atoms with van der Waals surface area (Å²) >= 11 is 0. The van der Waals surface area contributed by atoms with E-state index in [4.69, 9.17) is 0 Å². The van der Waals surface area contributed by atoms with E-state index < -0.39 is 0 Å². The first-order chi connectivity index (χ1) is 10.1. The van der Waals surface area contributed by atoms with Crippen molar-refractivity contribution in [2.45, 2.75) is 32.9 Å². The van der Waals surface area contributed by atoms with Gasteiger partial charge in [-0.3, -0.25) is 9.48 Å². The van der Waals surface area contributed by atoms with Gasteiger partial charge in [0.25, 0.3) is 0 Å². The SMILES string of the molecule is Cc1c(CN(C)C(=O)C2CCc3cncn3C2)cnn1C. The van der Waals surface area contributed by atoms with Crippen LogP contribution in [0.25, 0.3) is 0 Å². The van der Waals surface area contributed by atoms with E-state index in [2.05, 4.69) is 14.6 Å². The number of rotatable bonds is 3. The van der Waals surface area contributed by atoms with E-state index in [0.717, 1.165) is 30.6 Å². The summed E-state index contributed by atoms with van der Waals surface area (Å²) in [5.41, 5.74) is 3.44. The summed E-state index contributed by atoms with van der Waals surface area (Å²) in [6, 6.07) is 0. The molecule has 3 heterocycles. The van der Waals surface area contributed by atoms with Gasteiger partial charge in [-0.05, 0) is 19.8 Å². The number of fused-ring (bicyclic) bond motifs is 1. The van der Waals surface area contributed by atoms with Gasteiger partial charge in [0.15, 0.2) is 0 Å². The Labute approximate surface area is 124 Å². The molecule has 3 rings (SSSR count). The van der Waals surface area contributed by atoms with E-state index in [9.17, 15) is 4.79 Å². The fraction of sp³-hybridized carbons (Fsp3) is 0.533. The third kappa shape index (κ3) is 2.57. The van der Waals surface area contributed by atoms with E-state index in [1.807, 2.05) is 49.3 Å². The molecular weight excluding hydrogens is 266 g/mol. The van der Waals surface area contributed by atoms with E-state index in [1.165, 1.54) is 5.69 Å². The Balaban J connectivity index is 1.67. The lowest BCUT2D eigenvalue weighted by Gasteiger charge is -2.27. The quantitative estimate of drug-likeness (QED) is 0.851. The summed E-state index contributed by atoms with van der Waals surface area (Å²) in [6.45, 7) is 3.38. The average molecular weight is 287 g/mol. The number of aryl methyl sites for hydroxylation is 2. The molecule has 1 atom stereocenters. The number of amides is 1. The Bertz CT molecular complexity index is 657. The van der Waals surface area contributed by atoms with Crippen molar-refractivity contribution in [3.8, 4) is 0 Å².